The molecule has 0 heterocycles. The third kappa shape index (κ3) is 7.50. The van der Waals surface area contributed by atoms with Gasteiger partial charge in [0.1, 0.15) is 0 Å². The van der Waals surface area contributed by atoms with Crippen LogP contribution in [0.5, 0.6) is 0 Å². The highest BCUT2D eigenvalue weighted by Gasteiger charge is 2.19. The van der Waals surface area contributed by atoms with Crippen LogP contribution in [0.2, 0.25) is 0 Å². The number of benzene rings is 2. The summed E-state index contributed by atoms with van der Waals surface area (Å²) >= 11 is 0. The summed E-state index contributed by atoms with van der Waals surface area (Å²) in [4.78, 5) is 38.2. The molecule has 2 N–H and O–H groups in total. The van der Waals surface area contributed by atoms with Crippen LogP contribution in [0.4, 0.5) is 5.69 Å². The van der Waals surface area contributed by atoms with Crippen LogP contribution in [0.3, 0.4) is 0 Å². The zero-order valence-electron chi connectivity index (χ0n) is 17.3. The number of amides is 2. The van der Waals surface area contributed by atoms with Crippen LogP contribution in [-0.4, -0.2) is 48.7 Å². The fourth-order valence-electron chi connectivity index (χ4n) is 3.07. The maximum Gasteiger partial charge on any atom is 0.238 e. The topological polar surface area (TPSA) is 78.5 Å². The zero-order valence-corrected chi connectivity index (χ0v) is 17.3. The Balaban J connectivity index is 1.85. The molecule has 0 aromatic heterocycles. The number of carbonyl (C=O) groups is 3. The highest BCUT2D eigenvalue weighted by atomic mass is 16.2. The number of Topliss-reactive ketones (excluding diaryl/α,β-unsaturated/α-hetero) is 1. The molecule has 0 saturated carbocycles. The molecule has 2 rings (SSSR count). The molecular formula is C23H29N3O3. The second-order valence-electron chi connectivity index (χ2n) is 7.15. The highest BCUT2D eigenvalue weighted by Crippen LogP contribution is 2.15. The number of nitrogens with zero attached hydrogens (tertiary/aromatic N) is 1. The average molecular weight is 396 g/mol. The summed E-state index contributed by atoms with van der Waals surface area (Å²) in [6.45, 7) is 3.61. The molecule has 0 aliphatic carbocycles. The number of ketones is 1. The highest BCUT2D eigenvalue weighted by molar-refractivity contribution is 5.93. The van der Waals surface area contributed by atoms with Crippen LogP contribution in [0, 0.1) is 0 Å². The molecule has 2 aromatic carbocycles. The van der Waals surface area contributed by atoms with Crippen molar-refractivity contribution < 1.29 is 14.4 Å². The number of hydrogen-bond acceptors (Lipinski definition) is 4. The third-order valence-corrected chi connectivity index (χ3v) is 4.61. The first-order valence-corrected chi connectivity index (χ1v) is 9.79. The Morgan fingerprint density at radius 2 is 1.55 bits per heavy atom. The number of hydrogen-bond donors (Lipinski definition) is 2. The number of para-hydroxylation sites is 1. The monoisotopic (exact) mass is 395 g/mol. The fourth-order valence-corrected chi connectivity index (χ4v) is 3.07. The van der Waals surface area contributed by atoms with E-state index < -0.39 is 6.04 Å². The van der Waals surface area contributed by atoms with Crippen molar-refractivity contribution in [3.05, 3.63) is 65.7 Å². The molecule has 1 atom stereocenters. The standard InChI is InChI=1S/C23H29N3O3/c1-4-19-12-8-9-13-20(19)24-22(28)15-26(3)16-23(29)25-21(17(2)27)14-18-10-6-5-7-11-18/h5-13,21H,4,14-16H2,1-3H3,(H,24,28)(H,25,29)/t21-/m0/s1. The lowest BCUT2D eigenvalue weighted by molar-refractivity contribution is -0.128. The molecule has 6 nitrogen and oxygen atoms in total. The van der Waals surface area contributed by atoms with E-state index in [1.165, 1.54) is 6.92 Å². The van der Waals surface area contributed by atoms with Crippen molar-refractivity contribution in [2.24, 2.45) is 0 Å². The number of nitrogens with one attached hydrogen (secondary N) is 2. The smallest absolute Gasteiger partial charge is 0.238 e. The maximum atomic E-state index is 12.4. The van der Waals surface area contributed by atoms with Gasteiger partial charge in [0.05, 0.1) is 19.1 Å². The minimum Gasteiger partial charge on any atom is -0.345 e. The Hall–Kier alpha value is -2.99. The molecule has 0 unspecified atom stereocenters. The molecule has 0 spiro atoms. The first-order valence-electron chi connectivity index (χ1n) is 9.79. The predicted octanol–water partition coefficient (Wildman–Crippen LogP) is 2.44. The van der Waals surface area contributed by atoms with Gasteiger partial charge in [-0.15, -0.1) is 0 Å². The summed E-state index contributed by atoms with van der Waals surface area (Å²) in [7, 11) is 1.70. The summed E-state index contributed by atoms with van der Waals surface area (Å²) in [5, 5.41) is 5.67. The summed E-state index contributed by atoms with van der Waals surface area (Å²) in [6.07, 6.45) is 1.27. The van der Waals surface area contributed by atoms with Gasteiger partial charge >= 0.3 is 0 Å². The summed E-state index contributed by atoms with van der Waals surface area (Å²) in [5.41, 5.74) is 2.83. The van der Waals surface area contributed by atoms with Gasteiger partial charge in [0.2, 0.25) is 11.8 Å². The molecule has 0 aliphatic heterocycles. The van der Waals surface area contributed by atoms with Crippen molar-refractivity contribution in [3.63, 3.8) is 0 Å². The Kier molecular flexibility index (Phi) is 8.55. The van der Waals surface area contributed by atoms with E-state index in [2.05, 4.69) is 10.6 Å². The van der Waals surface area contributed by atoms with E-state index >= 15 is 0 Å². The van der Waals surface area contributed by atoms with Gasteiger partial charge in [-0.3, -0.25) is 19.3 Å². The molecule has 0 saturated heterocycles. The van der Waals surface area contributed by atoms with E-state index in [1.807, 2.05) is 61.5 Å². The molecule has 0 radical (unpaired) electrons. The number of aryl methyl sites for hydroxylation is 1. The van der Waals surface area contributed by atoms with Crippen LogP contribution in [0.15, 0.2) is 54.6 Å². The summed E-state index contributed by atoms with van der Waals surface area (Å²) < 4.78 is 0. The van der Waals surface area contributed by atoms with E-state index in [0.717, 1.165) is 23.2 Å². The Labute approximate surface area is 172 Å². The average Bonchev–Trinajstić information content (AvgIpc) is 2.68. The van der Waals surface area contributed by atoms with Gasteiger partial charge in [-0.1, -0.05) is 55.5 Å². The van der Waals surface area contributed by atoms with Gasteiger partial charge in [-0.25, -0.2) is 0 Å². The van der Waals surface area contributed by atoms with E-state index in [1.54, 1.807) is 11.9 Å². The first kappa shape index (κ1) is 22.3. The first-order chi connectivity index (χ1) is 13.9. The maximum absolute atomic E-state index is 12.4. The molecule has 6 heteroatoms. The number of likely N-dealkylation sites (N-methyl/N-ethyl adjacent to an activating group) is 1. The van der Waals surface area contributed by atoms with Crippen LogP contribution in [-0.2, 0) is 27.2 Å². The largest absolute Gasteiger partial charge is 0.345 e. The second kappa shape index (κ2) is 11.1. The van der Waals surface area contributed by atoms with Gasteiger partial charge in [0, 0.05) is 5.69 Å². The number of anilines is 1. The fraction of sp³-hybridized carbons (Fsp3) is 0.348. The van der Waals surface area contributed by atoms with Crippen LogP contribution >= 0.6 is 0 Å². The minimum atomic E-state index is -0.580. The Bertz CT molecular complexity index is 836. The zero-order chi connectivity index (χ0) is 21.2. The van der Waals surface area contributed by atoms with E-state index in [0.29, 0.717) is 6.42 Å². The van der Waals surface area contributed by atoms with Gasteiger partial charge < -0.3 is 10.6 Å². The lowest BCUT2D eigenvalue weighted by Crippen LogP contribution is -2.46. The van der Waals surface area contributed by atoms with Crippen molar-refractivity contribution in [1.29, 1.82) is 0 Å². The van der Waals surface area contributed by atoms with Crippen molar-refractivity contribution in [2.45, 2.75) is 32.7 Å². The lowest BCUT2D eigenvalue weighted by Gasteiger charge is -2.20. The summed E-state index contributed by atoms with van der Waals surface area (Å²) in [6, 6.07) is 16.6. The lowest BCUT2D eigenvalue weighted by atomic mass is 10.0. The van der Waals surface area contributed by atoms with Crippen molar-refractivity contribution in [1.82, 2.24) is 10.2 Å². The SMILES string of the molecule is CCc1ccccc1NC(=O)CN(C)CC(=O)N[C@@H](Cc1ccccc1)C(C)=O. The predicted molar refractivity (Wildman–Crippen MR) is 115 cm³/mol. The molecule has 0 aliphatic rings. The number of rotatable bonds is 10. The third-order valence-electron chi connectivity index (χ3n) is 4.61. The Morgan fingerprint density at radius 3 is 2.21 bits per heavy atom. The van der Waals surface area contributed by atoms with Crippen LogP contribution in [0.25, 0.3) is 0 Å². The van der Waals surface area contributed by atoms with Gasteiger partial charge in [-0.2, -0.15) is 0 Å². The van der Waals surface area contributed by atoms with E-state index in [4.69, 9.17) is 0 Å². The minimum absolute atomic E-state index is 0.0292. The quantitative estimate of drug-likeness (QED) is 0.648. The van der Waals surface area contributed by atoms with E-state index in [-0.39, 0.29) is 30.7 Å². The molecule has 0 fully saturated rings. The van der Waals surface area contributed by atoms with Gasteiger partial charge in [0.15, 0.2) is 5.78 Å². The molecular weight excluding hydrogens is 366 g/mol. The molecule has 0 bridgehead atoms. The Morgan fingerprint density at radius 1 is 0.931 bits per heavy atom. The second-order valence-corrected chi connectivity index (χ2v) is 7.15. The van der Waals surface area contributed by atoms with Crippen LogP contribution in [0.1, 0.15) is 25.0 Å². The molecule has 2 amide bonds. The number of carbonyl (C=O) groups excluding carboxylic acids is 3. The molecule has 154 valence electrons. The molecule has 2 aromatic rings. The molecule has 29 heavy (non-hydrogen) atoms. The van der Waals surface area contributed by atoms with E-state index in [9.17, 15) is 14.4 Å². The van der Waals surface area contributed by atoms with Gasteiger partial charge in [0.25, 0.3) is 0 Å². The van der Waals surface area contributed by atoms with Crippen LogP contribution < -0.4 is 10.6 Å². The van der Waals surface area contributed by atoms with Crippen molar-refractivity contribution >= 4 is 23.3 Å². The van der Waals surface area contributed by atoms with Gasteiger partial charge in [-0.05, 0) is 44.0 Å². The van der Waals surface area contributed by atoms with Crippen molar-refractivity contribution in [2.75, 3.05) is 25.5 Å². The summed E-state index contributed by atoms with van der Waals surface area (Å²) in [5.74, 6) is -0.572. The van der Waals surface area contributed by atoms with Crippen molar-refractivity contribution in [3.8, 4) is 0 Å². The normalized spacial score (nSPS) is 11.7.